The van der Waals surface area contributed by atoms with Gasteiger partial charge in [-0.3, -0.25) is 0 Å². The second kappa shape index (κ2) is 4.88. The fraction of sp³-hybridized carbons (Fsp3) is 0.364. The highest BCUT2D eigenvalue weighted by atomic mass is 32.1. The minimum Gasteiger partial charge on any atom is -0.478 e. The molecular weight excluding hydrogens is 268 g/mol. The van der Waals surface area contributed by atoms with E-state index in [9.17, 15) is 4.79 Å². The number of hydrogen-bond donors (Lipinski definition) is 1. The molecule has 0 spiro atoms. The summed E-state index contributed by atoms with van der Waals surface area (Å²) in [7, 11) is 0. The third kappa shape index (κ3) is 3.02. The Hall–Kier alpha value is -2.09. The predicted octanol–water partition coefficient (Wildman–Crippen LogP) is 1.98. The van der Waals surface area contributed by atoms with Gasteiger partial charge in [-0.2, -0.15) is 0 Å². The third-order valence-electron chi connectivity index (χ3n) is 2.20. The van der Waals surface area contributed by atoms with Gasteiger partial charge in [0.1, 0.15) is 4.88 Å². The van der Waals surface area contributed by atoms with E-state index in [0.29, 0.717) is 10.8 Å². The van der Waals surface area contributed by atoms with Gasteiger partial charge in [0, 0.05) is 17.6 Å². The number of carboxylic acids is 1. The van der Waals surface area contributed by atoms with Crippen LogP contribution in [-0.2, 0) is 10.2 Å². The molecule has 2 rings (SSSR count). The SMILES string of the molecule is CC(C)(C)c1nnsc1-c1nnc(/C=C/C(=O)O)o1. The molecule has 2 heterocycles. The van der Waals surface area contributed by atoms with E-state index in [-0.39, 0.29) is 11.3 Å². The van der Waals surface area contributed by atoms with Gasteiger partial charge in [-0.05, 0) is 11.5 Å². The van der Waals surface area contributed by atoms with Crippen molar-refractivity contribution >= 4 is 23.6 Å². The Morgan fingerprint density at radius 1 is 1.32 bits per heavy atom. The second-order valence-electron chi connectivity index (χ2n) is 4.82. The van der Waals surface area contributed by atoms with Gasteiger partial charge in [-0.15, -0.1) is 15.3 Å². The lowest BCUT2D eigenvalue weighted by molar-refractivity contribution is -0.131. The summed E-state index contributed by atoms with van der Waals surface area (Å²) in [6, 6.07) is 0. The van der Waals surface area contributed by atoms with Crippen molar-refractivity contribution in [3.8, 4) is 10.8 Å². The van der Waals surface area contributed by atoms with Crippen LogP contribution in [0.15, 0.2) is 10.5 Å². The van der Waals surface area contributed by atoms with Crippen molar-refractivity contribution in [1.29, 1.82) is 0 Å². The average molecular weight is 280 g/mol. The lowest BCUT2D eigenvalue weighted by Crippen LogP contribution is -2.13. The minimum atomic E-state index is -1.07. The van der Waals surface area contributed by atoms with E-state index in [1.54, 1.807) is 0 Å². The summed E-state index contributed by atoms with van der Waals surface area (Å²) in [6.07, 6.45) is 2.18. The van der Waals surface area contributed by atoms with Crippen molar-refractivity contribution in [2.45, 2.75) is 26.2 Å². The number of carbonyl (C=O) groups is 1. The predicted molar refractivity (Wildman–Crippen MR) is 68.6 cm³/mol. The van der Waals surface area contributed by atoms with Crippen molar-refractivity contribution in [2.24, 2.45) is 0 Å². The average Bonchev–Trinajstić information content (AvgIpc) is 2.93. The highest BCUT2D eigenvalue weighted by Gasteiger charge is 2.26. The summed E-state index contributed by atoms with van der Waals surface area (Å²) in [6.45, 7) is 6.03. The fourth-order valence-electron chi connectivity index (χ4n) is 1.36. The maximum absolute atomic E-state index is 10.4. The van der Waals surface area contributed by atoms with Crippen LogP contribution in [0.5, 0.6) is 0 Å². The molecule has 19 heavy (non-hydrogen) atoms. The van der Waals surface area contributed by atoms with Crippen LogP contribution in [0.2, 0.25) is 0 Å². The maximum atomic E-state index is 10.4. The van der Waals surface area contributed by atoms with E-state index in [1.165, 1.54) is 17.6 Å². The zero-order chi connectivity index (χ0) is 14.0. The number of aliphatic carboxylic acids is 1. The highest BCUT2D eigenvalue weighted by Crippen LogP contribution is 2.33. The molecule has 8 heteroatoms. The van der Waals surface area contributed by atoms with Gasteiger partial charge >= 0.3 is 5.97 Å². The van der Waals surface area contributed by atoms with E-state index in [1.807, 2.05) is 20.8 Å². The number of hydrogen-bond acceptors (Lipinski definition) is 7. The zero-order valence-electron chi connectivity index (χ0n) is 10.6. The van der Waals surface area contributed by atoms with Gasteiger partial charge in [0.25, 0.3) is 5.89 Å². The monoisotopic (exact) mass is 280 g/mol. The van der Waals surface area contributed by atoms with Gasteiger partial charge in [-0.1, -0.05) is 25.3 Å². The van der Waals surface area contributed by atoms with E-state index < -0.39 is 5.97 Å². The Labute approximate surface area is 113 Å². The molecule has 2 aromatic heterocycles. The highest BCUT2D eigenvalue weighted by molar-refractivity contribution is 7.09. The topological polar surface area (TPSA) is 102 Å². The summed E-state index contributed by atoms with van der Waals surface area (Å²) in [5.74, 6) is -0.648. The Morgan fingerprint density at radius 2 is 2.05 bits per heavy atom. The summed E-state index contributed by atoms with van der Waals surface area (Å²) in [5, 5.41) is 20.2. The molecule has 0 aromatic carbocycles. The first-order valence-electron chi connectivity index (χ1n) is 5.45. The van der Waals surface area contributed by atoms with Gasteiger partial charge < -0.3 is 9.52 Å². The molecular formula is C11H12N4O3S. The number of carboxylic acid groups (broad SMARTS) is 1. The molecule has 7 nitrogen and oxygen atoms in total. The zero-order valence-corrected chi connectivity index (χ0v) is 11.4. The van der Waals surface area contributed by atoms with Crippen molar-refractivity contribution in [1.82, 2.24) is 19.8 Å². The molecule has 0 amide bonds. The molecule has 0 saturated carbocycles. The molecule has 0 aliphatic carbocycles. The second-order valence-corrected chi connectivity index (χ2v) is 5.57. The third-order valence-corrected chi connectivity index (χ3v) is 2.92. The molecule has 1 N–H and O–H groups in total. The van der Waals surface area contributed by atoms with Crippen molar-refractivity contribution < 1.29 is 14.3 Å². The molecule has 0 unspecified atom stereocenters. The van der Waals surface area contributed by atoms with Crippen LogP contribution in [-0.4, -0.2) is 30.9 Å². The van der Waals surface area contributed by atoms with Crippen LogP contribution < -0.4 is 0 Å². The van der Waals surface area contributed by atoms with Crippen molar-refractivity contribution in [2.75, 3.05) is 0 Å². The lowest BCUT2D eigenvalue weighted by atomic mass is 9.91. The van der Waals surface area contributed by atoms with E-state index >= 15 is 0 Å². The van der Waals surface area contributed by atoms with Crippen LogP contribution in [0.3, 0.4) is 0 Å². The number of rotatable bonds is 3. The molecule has 100 valence electrons. The summed E-state index contributed by atoms with van der Waals surface area (Å²) >= 11 is 1.17. The minimum absolute atomic E-state index is 0.130. The Bertz CT molecular complexity index is 624. The molecule has 0 saturated heterocycles. The molecule has 0 fully saturated rings. The van der Waals surface area contributed by atoms with Crippen LogP contribution in [0.1, 0.15) is 32.4 Å². The number of aromatic nitrogens is 4. The molecule has 0 atom stereocenters. The van der Waals surface area contributed by atoms with Gasteiger partial charge in [-0.25, -0.2) is 4.79 Å². The Balaban J connectivity index is 2.34. The summed E-state index contributed by atoms with van der Waals surface area (Å²) in [4.78, 5) is 11.1. The smallest absolute Gasteiger partial charge is 0.328 e. The van der Waals surface area contributed by atoms with Crippen LogP contribution >= 0.6 is 11.5 Å². The Morgan fingerprint density at radius 3 is 2.68 bits per heavy atom. The largest absolute Gasteiger partial charge is 0.478 e. The van der Waals surface area contributed by atoms with Crippen LogP contribution in [0.4, 0.5) is 0 Å². The van der Waals surface area contributed by atoms with Gasteiger partial charge in [0.15, 0.2) is 0 Å². The standard InChI is InChI=1S/C11H12N4O3S/c1-11(2,3)9-8(19-15-13-9)10-14-12-6(18-10)4-5-7(16)17/h4-5H,1-3H3,(H,16,17)/b5-4+. The molecule has 0 aliphatic rings. The van der Waals surface area contributed by atoms with Crippen molar-refractivity contribution in [3.05, 3.63) is 17.7 Å². The first-order valence-corrected chi connectivity index (χ1v) is 6.23. The first-order chi connectivity index (χ1) is 8.88. The molecule has 0 radical (unpaired) electrons. The van der Waals surface area contributed by atoms with Crippen LogP contribution in [0, 0.1) is 0 Å². The fourth-order valence-corrected chi connectivity index (χ4v) is 2.16. The molecule has 0 bridgehead atoms. The molecule has 2 aromatic rings. The Kier molecular flexibility index (Phi) is 3.43. The van der Waals surface area contributed by atoms with Crippen LogP contribution in [0.25, 0.3) is 16.8 Å². The van der Waals surface area contributed by atoms with Crippen molar-refractivity contribution in [3.63, 3.8) is 0 Å². The van der Waals surface area contributed by atoms with E-state index in [4.69, 9.17) is 9.52 Å². The summed E-state index contributed by atoms with van der Waals surface area (Å²) < 4.78 is 9.27. The summed E-state index contributed by atoms with van der Waals surface area (Å²) in [5.41, 5.74) is 0.586. The maximum Gasteiger partial charge on any atom is 0.328 e. The normalized spacial score (nSPS) is 12.2. The van der Waals surface area contributed by atoms with Gasteiger partial charge in [0.2, 0.25) is 5.89 Å². The first kappa shape index (κ1) is 13.3. The lowest BCUT2D eigenvalue weighted by Gasteiger charge is -2.14. The quantitative estimate of drug-likeness (QED) is 0.857. The van der Waals surface area contributed by atoms with E-state index in [2.05, 4.69) is 19.8 Å². The number of nitrogens with zero attached hydrogens (tertiary/aromatic N) is 4. The molecule has 0 aliphatic heterocycles. The van der Waals surface area contributed by atoms with Gasteiger partial charge in [0.05, 0.1) is 5.69 Å². The van der Waals surface area contributed by atoms with E-state index in [0.717, 1.165) is 11.8 Å².